The van der Waals surface area contributed by atoms with E-state index in [1.54, 1.807) is 0 Å². The maximum atomic E-state index is 12.3. The molecule has 1 N–H and O–H groups in total. The van der Waals surface area contributed by atoms with Crippen LogP contribution in [0.25, 0.3) is 0 Å². The van der Waals surface area contributed by atoms with Crippen LogP contribution in [0.3, 0.4) is 0 Å². The van der Waals surface area contributed by atoms with Crippen LogP contribution in [0, 0.1) is 0 Å². The molecule has 0 spiro atoms. The van der Waals surface area contributed by atoms with E-state index in [0.717, 1.165) is 25.1 Å². The van der Waals surface area contributed by atoms with E-state index in [1.165, 1.54) is 6.07 Å². The number of alkyl halides is 3. The number of aromatic nitrogens is 1. The fourth-order valence-electron chi connectivity index (χ4n) is 1.52. The van der Waals surface area contributed by atoms with Gasteiger partial charge in [0.25, 0.3) is 0 Å². The van der Waals surface area contributed by atoms with Gasteiger partial charge in [-0.25, -0.2) is 0 Å². The van der Waals surface area contributed by atoms with Crippen molar-refractivity contribution in [3.63, 3.8) is 0 Å². The van der Waals surface area contributed by atoms with Crippen molar-refractivity contribution in [1.29, 1.82) is 0 Å². The minimum atomic E-state index is -4.31. The molecule has 1 saturated carbocycles. The van der Waals surface area contributed by atoms with E-state index < -0.39 is 11.7 Å². The van der Waals surface area contributed by atoms with Crippen LogP contribution in [-0.2, 0) is 6.18 Å². The van der Waals surface area contributed by atoms with Gasteiger partial charge >= 0.3 is 6.18 Å². The zero-order valence-corrected chi connectivity index (χ0v) is 8.88. The lowest BCUT2D eigenvalue weighted by molar-refractivity contribution is -0.137. The molecule has 88 valence electrons. The molecule has 1 aliphatic carbocycles. The van der Waals surface area contributed by atoms with Crippen molar-refractivity contribution in [3.05, 3.63) is 29.6 Å². The van der Waals surface area contributed by atoms with Crippen LogP contribution in [0.1, 0.15) is 37.1 Å². The summed E-state index contributed by atoms with van der Waals surface area (Å²) in [6.45, 7) is 1.91. The Morgan fingerprint density at radius 2 is 2.06 bits per heavy atom. The van der Waals surface area contributed by atoms with Crippen molar-refractivity contribution < 1.29 is 13.2 Å². The molecule has 1 aromatic heterocycles. The Morgan fingerprint density at radius 3 is 2.50 bits per heavy atom. The van der Waals surface area contributed by atoms with Gasteiger partial charge in [-0.05, 0) is 31.9 Å². The first-order valence-electron chi connectivity index (χ1n) is 5.26. The first kappa shape index (κ1) is 11.4. The molecule has 1 aliphatic rings. The number of hydrogen-bond donors (Lipinski definition) is 1. The van der Waals surface area contributed by atoms with Gasteiger partial charge in [-0.2, -0.15) is 13.2 Å². The summed E-state index contributed by atoms with van der Waals surface area (Å²) in [5.74, 6) is 0. The second-order valence-corrected chi connectivity index (χ2v) is 4.13. The lowest BCUT2D eigenvalue weighted by Crippen LogP contribution is -2.21. The van der Waals surface area contributed by atoms with Crippen molar-refractivity contribution in [1.82, 2.24) is 10.3 Å². The van der Waals surface area contributed by atoms with Gasteiger partial charge in [0.05, 0.1) is 11.3 Å². The second-order valence-electron chi connectivity index (χ2n) is 4.13. The number of nitrogens with zero attached hydrogens (tertiary/aromatic N) is 1. The number of halogens is 3. The Hall–Kier alpha value is -1.10. The summed E-state index contributed by atoms with van der Waals surface area (Å²) in [6, 6.07) is 3.03. The van der Waals surface area contributed by atoms with E-state index in [0.29, 0.717) is 11.7 Å². The van der Waals surface area contributed by atoms with Gasteiger partial charge in [-0.1, -0.05) is 0 Å². The number of hydrogen-bond acceptors (Lipinski definition) is 2. The van der Waals surface area contributed by atoms with Crippen LogP contribution in [-0.4, -0.2) is 11.0 Å². The van der Waals surface area contributed by atoms with Crippen LogP contribution >= 0.6 is 0 Å². The third-order valence-corrected chi connectivity index (χ3v) is 2.62. The molecular formula is C11H13F3N2. The van der Waals surface area contributed by atoms with E-state index >= 15 is 0 Å². The summed E-state index contributed by atoms with van der Waals surface area (Å²) < 4.78 is 36.9. The average molecular weight is 230 g/mol. The molecular weight excluding hydrogens is 217 g/mol. The first-order chi connectivity index (χ1) is 7.47. The smallest absolute Gasteiger partial charge is 0.306 e. The van der Waals surface area contributed by atoms with Gasteiger partial charge in [0.2, 0.25) is 0 Å². The third kappa shape index (κ3) is 2.72. The fourth-order valence-corrected chi connectivity index (χ4v) is 1.52. The molecule has 1 atom stereocenters. The number of rotatable bonds is 3. The van der Waals surface area contributed by atoms with Gasteiger partial charge in [-0.15, -0.1) is 0 Å². The van der Waals surface area contributed by atoms with Crippen LogP contribution in [0.2, 0.25) is 0 Å². The monoisotopic (exact) mass is 230 g/mol. The van der Waals surface area contributed by atoms with Crippen molar-refractivity contribution in [2.45, 2.75) is 38.0 Å². The highest BCUT2D eigenvalue weighted by atomic mass is 19.4. The van der Waals surface area contributed by atoms with Gasteiger partial charge in [0, 0.05) is 18.3 Å². The normalized spacial score (nSPS) is 18.5. The summed E-state index contributed by atoms with van der Waals surface area (Å²) in [6.07, 6.45) is -1.13. The van der Waals surface area contributed by atoms with Crippen LogP contribution < -0.4 is 5.32 Å². The van der Waals surface area contributed by atoms with Crippen LogP contribution in [0.15, 0.2) is 18.3 Å². The van der Waals surface area contributed by atoms with E-state index in [1.807, 2.05) is 6.92 Å². The molecule has 0 amide bonds. The molecule has 0 radical (unpaired) electrons. The van der Waals surface area contributed by atoms with Crippen molar-refractivity contribution >= 4 is 0 Å². The van der Waals surface area contributed by atoms with Gasteiger partial charge in [-0.3, -0.25) is 4.98 Å². The summed E-state index contributed by atoms with van der Waals surface area (Å²) in [7, 11) is 0. The zero-order valence-electron chi connectivity index (χ0n) is 8.88. The Morgan fingerprint density at radius 1 is 1.38 bits per heavy atom. The molecule has 5 heteroatoms. The molecule has 0 unspecified atom stereocenters. The van der Waals surface area contributed by atoms with Gasteiger partial charge in [0.1, 0.15) is 0 Å². The summed E-state index contributed by atoms with van der Waals surface area (Å²) in [5.41, 5.74) is -0.0465. The Labute approximate surface area is 91.9 Å². The Kier molecular flexibility index (Phi) is 2.88. The predicted octanol–water partition coefficient (Wildman–Crippen LogP) is 2.91. The highest BCUT2D eigenvalue weighted by molar-refractivity contribution is 5.18. The topological polar surface area (TPSA) is 24.9 Å². The lowest BCUT2D eigenvalue weighted by Gasteiger charge is -2.13. The van der Waals surface area contributed by atoms with E-state index in [4.69, 9.17) is 0 Å². The van der Waals surface area contributed by atoms with Crippen LogP contribution in [0.4, 0.5) is 13.2 Å². The van der Waals surface area contributed by atoms with Gasteiger partial charge in [0.15, 0.2) is 0 Å². The highest BCUT2D eigenvalue weighted by Crippen LogP contribution is 2.29. The van der Waals surface area contributed by atoms with Crippen molar-refractivity contribution in [3.8, 4) is 0 Å². The number of pyridine rings is 1. The van der Waals surface area contributed by atoms with Gasteiger partial charge < -0.3 is 5.32 Å². The van der Waals surface area contributed by atoms with Crippen molar-refractivity contribution in [2.75, 3.05) is 0 Å². The van der Waals surface area contributed by atoms with E-state index in [-0.39, 0.29) is 6.04 Å². The molecule has 1 fully saturated rings. The summed E-state index contributed by atoms with van der Waals surface area (Å²) in [5, 5.41) is 3.28. The molecule has 0 aromatic carbocycles. The maximum absolute atomic E-state index is 12.3. The molecule has 0 saturated heterocycles. The van der Waals surface area contributed by atoms with E-state index in [2.05, 4.69) is 10.3 Å². The first-order valence-corrected chi connectivity index (χ1v) is 5.26. The van der Waals surface area contributed by atoms with Crippen LogP contribution in [0.5, 0.6) is 0 Å². The molecule has 1 heterocycles. The largest absolute Gasteiger partial charge is 0.417 e. The molecule has 1 aromatic rings. The minimum absolute atomic E-state index is 0.00906. The molecule has 2 nitrogen and oxygen atoms in total. The summed E-state index contributed by atoms with van der Waals surface area (Å²) >= 11 is 0. The third-order valence-electron chi connectivity index (χ3n) is 2.62. The lowest BCUT2D eigenvalue weighted by atomic mass is 10.2. The maximum Gasteiger partial charge on any atom is 0.417 e. The standard InChI is InChI=1S/C11H13F3N2/c1-7(16-9-3-4-9)10-5-2-8(6-15-10)11(12,13)14/h2,5-7,9,16H,3-4H2,1H3/t7-/m0/s1. The zero-order chi connectivity index (χ0) is 11.8. The molecule has 2 rings (SSSR count). The van der Waals surface area contributed by atoms with E-state index in [9.17, 15) is 13.2 Å². The second kappa shape index (κ2) is 4.05. The average Bonchev–Trinajstić information content (AvgIpc) is 3.00. The van der Waals surface area contributed by atoms with Crippen molar-refractivity contribution in [2.24, 2.45) is 0 Å². The Balaban J connectivity index is 2.05. The predicted molar refractivity (Wildman–Crippen MR) is 53.8 cm³/mol. The molecule has 0 aliphatic heterocycles. The minimum Gasteiger partial charge on any atom is -0.306 e. The number of nitrogens with one attached hydrogen (secondary N) is 1. The highest BCUT2D eigenvalue weighted by Gasteiger charge is 2.31. The SMILES string of the molecule is C[C@H](NC1CC1)c1ccc(C(F)(F)F)cn1. The summed E-state index contributed by atoms with van der Waals surface area (Å²) in [4.78, 5) is 3.84. The Bertz CT molecular complexity index is 354. The fraction of sp³-hybridized carbons (Fsp3) is 0.545. The molecule has 16 heavy (non-hydrogen) atoms. The molecule has 0 bridgehead atoms. The quantitative estimate of drug-likeness (QED) is 0.863.